The van der Waals surface area contributed by atoms with Crippen molar-refractivity contribution in [3.05, 3.63) is 0 Å². The van der Waals surface area contributed by atoms with E-state index in [4.69, 9.17) is 0 Å². The molecule has 0 aliphatic carbocycles. The first-order chi connectivity index (χ1) is 5.34. The average Bonchev–Trinajstić information content (AvgIpc) is 2.03. The summed E-state index contributed by atoms with van der Waals surface area (Å²) in [6, 6.07) is 0. The van der Waals surface area contributed by atoms with Crippen molar-refractivity contribution in [2.24, 2.45) is 0 Å². The maximum absolute atomic E-state index is 11.2. The Labute approximate surface area is 72.1 Å². The fraction of sp³-hybridized carbons (Fsp3) is 0.875. The number of nitrogens with one attached hydrogen (secondary N) is 1. The van der Waals surface area contributed by atoms with Crippen LogP contribution in [0.3, 0.4) is 0 Å². The Morgan fingerprint density at radius 1 is 1.73 bits per heavy atom. The van der Waals surface area contributed by atoms with Gasteiger partial charge in [0.05, 0.1) is 5.25 Å². The van der Waals surface area contributed by atoms with Gasteiger partial charge in [-0.05, 0) is 6.42 Å². The highest BCUT2D eigenvalue weighted by Crippen LogP contribution is 2.19. The van der Waals surface area contributed by atoms with E-state index in [0.29, 0.717) is 0 Å². The number of rotatable bonds is 3. The van der Waals surface area contributed by atoms with Gasteiger partial charge in [-0.15, -0.1) is 11.8 Å². The zero-order valence-corrected chi connectivity index (χ0v) is 7.75. The van der Waals surface area contributed by atoms with Gasteiger partial charge in [-0.25, -0.2) is 0 Å². The molecule has 1 rings (SSSR count). The van der Waals surface area contributed by atoms with Crippen LogP contribution in [0.2, 0.25) is 0 Å². The van der Waals surface area contributed by atoms with Crippen LogP contribution in [-0.4, -0.2) is 23.5 Å². The lowest BCUT2D eigenvalue weighted by atomic mass is 10.2. The van der Waals surface area contributed by atoms with Crippen LogP contribution < -0.4 is 5.32 Å². The Balaban J connectivity index is 2.24. The van der Waals surface area contributed by atoms with Crippen molar-refractivity contribution in [3.63, 3.8) is 0 Å². The van der Waals surface area contributed by atoms with E-state index >= 15 is 0 Å². The third kappa shape index (κ3) is 2.73. The van der Waals surface area contributed by atoms with Crippen molar-refractivity contribution in [2.45, 2.75) is 31.4 Å². The summed E-state index contributed by atoms with van der Waals surface area (Å²) in [7, 11) is 0. The molecule has 0 saturated carbocycles. The molecule has 0 spiro atoms. The van der Waals surface area contributed by atoms with Crippen molar-refractivity contribution in [2.75, 3.05) is 12.3 Å². The summed E-state index contributed by atoms with van der Waals surface area (Å²) in [6.07, 6.45) is 3.41. The highest BCUT2D eigenvalue weighted by atomic mass is 32.2. The van der Waals surface area contributed by atoms with Crippen molar-refractivity contribution >= 4 is 17.7 Å². The molecule has 0 radical (unpaired) electrons. The molecular weight excluding hydrogens is 158 g/mol. The number of unbranched alkanes of at least 4 members (excludes halogenated alkanes) is 1. The Morgan fingerprint density at radius 3 is 3.18 bits per heavy atom. The number of hydrogen-bond donors (Lipinski definition) is 1. The predicted molar refractivity (Wildman–Crippen MR) is 48.8 cm³/mol. The molecule has 0 aromatic heterocycles. The van der Waals surface area contributed by atoms with Gasteiger partial charge in [0.1, 0.15) is 0 Å². The van der Waals surface area contributed by atoms with Gasteiger partial charge in [0, 0.05) is 12.3 Å². The normalized spacial score (nSPS) is 24.8. The van der Waals surface area contributed by atoms with E-state index in [9.17, 15) is 4.79 Å². The highest BCUT2D eigenvalue weighted by molar-refractivity contribution is 8.00. The van der Waals surface area contributed by atoms with Gasteiger partial charge >= 0.3 is 0 Å². The highest BCUT2D eigenvalue weighted by Gasteiger charge is 2.21. The van der Waals surface area contributed by atoms with Crippen molar-refractivity contribution in [1.82, 2.24) is 5.32 Å². The molecule has 64 valence electrons. The van der Waals surface area contributed by atoms with E-state index in [2.05, 4.69) is 12.2 Å². The lowest BCUT2D eigenvalue weighted by Gasteiger charge is -2.20. The van der Waals surface area contributed by atoms with Gasteiger partial charge in [0.15, 0.2) is 0 Å². The van der Waals surface area contributed by atoms with Crippen LogP contribution in [0.4, 0.5) is 0 Å². The van der Waals surface area contributed by atoms with Crippen molar-refractivity contribution < 1.29 is 4.79 Å². The first kappa shape index (κ1) is 8.91. The second-order valence-corrected chi connectivity index (χ2v) is 4.10. The summed E-state index contributed by atoms with van der Waals surface area (Å²) in [5, 5.41) is 3.12. The van der Waals surface area contributed by atoms with Gasteiger partial charge in [-0.2, -0.15) is 0 Å². The number of carbonyl (C=O) groups is 1. The third-order valence-corrected chi connectivity index (χ3v) is 3.12. The van der Waals surface area contributed by atoms with Crippen LogP contribution >= 0.6 is 11.8 Å². The Hall–Kier alpha value is -0.180. The molecule has 1 aliphatic heterocycles. The summed E-state index contributed by atoms with van der Waals surface area (Å²) >= 11 is 1.80. The molecule has 1 heterocycles. The van der Waals surface area contributed by atoms with E-state index in [1.165, 1.54) is 12.8 Å². The first-order valence-electron chi connectivity index (χ1n) is 4.24. The molecule has 1 amide bonds. The van der Waals surface area contributed by atoms with Gasteiger partial charge < -0.3 is 5.32 Å². The molecule has 2 nitrogen and oxygen atoms in total. The maximum atomic E-state index is 11.2. The Morgan fingerprint density at radius 2 is 2.55 bits per heavy atom. The molecule has 1 unspecified atom stereocenters. The van der Waals surface area contributed by atoms with Crippen LogP contribution in [0.5, 0.6) is 0 Å². The van der Waals surface area contributed by atoms with E-state index in [1.54, 1.807) is 11.8 Å². The molecule has 1 atom stereocenters. The van der Waals surface area contributed by atoms with Crippen LogP contribution in [0.25, 0.3) is 0 Å². The molecule has 11 heavy (non-hydrogen) atoms. The van der Waals surface area contributed by atoms with E-state index in [-0.39, 0.29) is 11.2 Å². The zero-order valence-electron chi connectivity index (χ0n) is 6.93. The van der Waals surface area contributed by atoms with Crippen LogP contribution in [-0.2, 0) is 4.79 Å². The minimum Gasteiger partial charge on any atom is -0.354 e. The monoisotopic (exact) mass is 173 g/mol. The minimum absolute atomic E-state index is 0.240. The zero-order chi connectivity index (χ0) is 8.10. The van der Waals surface area contributed by atoms with E-state index < -0.39 is 0 Å². The van der Waals surface area contributed by atoms with E-state index in [0.717, 1.165) is 18.7 Å². The standard InChI is InChI=1S/C8H15NOS/c1-2-3-4-7-8(10)9-5-6-11-7/h7H,2-6H2,1H3,(H,9,10). The minimum atomic E-state index is 0.240. The average molecular weight is 173 g/mol. The van der Waals surface area contributed by atoms with Crippen LogP contribution in [0.15, 0.2) is 0 Å². The SMILES string of the molecule is CCCCC1SCCNC1=O. The smallest absolute Gasteiger partial charge is 0.233 e. The van der Waals surface area contributed by atoms with Gasteiger partial charge in [0.2, 0.25) is 5.91 Å². The molecule has 0 aromatic carbocycles. The summed E-state index contributed by atoms with van der Waals surface area (Å²) in [4.78, 5) is 11.2. The summed E-state index contributed by atoms with van der Waals surface area (Å²) in [6.45, 7) is 3.01. The number of carbonyl (C=O) groups excluding carboxylic acids is 1. The second-order valence-electron chi connectivity index (χ2n) is 2.79. The van der Waals surface area contributed by atoms with Crippen LogP contribution in [0, 0.1) is 0 Å². The quantitative estimate of drug-likeness (QED) is 0.699. The van der Waals surface area contributed by atoms with Crippen molar-refractivity contribution in [3.8, 4) is 0 Å². The first-order valence-corrected chi connectivity index (χ1v) is 5.28. The maximum Gasteiger partial charge on any atom is 0.233 e. The number of thioether (sulfide) groups is 1. The molecule has 1 N–H and O–H groups in total. The lowest BCUT2D eigenvalue weighted by molar-refractivity contribution is -0.120. The molecule has 0 bridgehead atoms. The van der Waals surface area contributed by atoms with E-state index in [1.807, 2.05) is 0 Å². The second kappa shape index (κ2) is 4.65. The van der Waals surface area contributed by atoms with Gasteiger partial charge in [-0.3, -0.25) is 4.79 Å². The Bertz CT molecular complexity index is 138. The molecular formula is C8H15NOS. The summed E-state index contributed by atoms with van der Waals surface area (Å²) in [5.41, 5.74) is 0. The van der Waals surface area contributed by atoms with Gasteiger partial charge in [-0.1, -0.05) is 19.8 Å². The molecule has 0 aromatic rings. The van der Waals surface area contributed by atoms with Crippen molar-refractivity contribution in [1.29, 1.82) is 0 Å². The molecule has 1 fully saturated rings. The predicted octanol–water partition coefficient (Wildman–Crippen LogP) is 1.41. The lowest BCUT2D eigenvalue weighted by Crippen LogP contribution is -2.39. The summed E-state index contributed by atoms with van der Waals surface area (Å²) < 4.78 is 0. The fourth-order valence-electron chi connectivity index (χ4n) is 1.17. The van der Waals surface area contributed by atoms with Crippen LogP contribution in [0.1, 0.15) is 26.2 Å². The van der Waals surface area contributed by atoms with Gasteiger partial charge in [0.25, 0.3) is 0 Å². The number of hydrogen-bond acceptors (Lipinski definition) is 2. The molecule has 1 aliphatic rings. The topological polar surface area (TPSA) is 29.1 Å². The summed E-state index contributed by atoms with van der Waals surface area (Å²) in [5.74, 6) is 1.33. The largest absolute Gasteiger partial charge is 0.354 e. The number of amides is 1. The fourth-order valence-corrected chi connectivity index (χ4v) is 2.24. The Kier molecular flexibility index (Phi) is 3.77. The molecule has 3 heteroatoms. The third-order valence-electron chi connectivity index (χ3n) is 1.83. The molecule has 1 saturated heterocycles.